The molecule has 0 saturated carbocycles. The number of aromatic nitrogens is 2. The first-order valence-corrected chi connectivity index (χ1v) is 8.06. The van der Waals surface area contributed by atoms with E-state index < -0.39 is 0 Å². The van der Waals surface area contributed by atoms with Crippen LogP contribution in [0.1, 0.15) is 13.8 Å². The second kappa shape index (κ2) is 6.92. The van der Waals surface area contributed by atoms with E-state index in [1.807, 2.05) is 32.0 Å². The minimum absolute atomic E-state index is 0.0695. The van der Waals surface area contributed by atoms with Gasteiger partial charge in [0.2, 0.25) is 5.95 Å². The van der Waals surface area contributed by atoms with Gasteiger partial charge in [0.15, 0.2) is 0 Å². The van der Waals surface area contributed by atoms with Crippen LogP contribution in [-0.4, -0.2) is 42.4 Å². The Bertz CT molecular complexity index is 714. The second-order valence-corrected chi connectivity index (χ2v) is 5.98. The Labute approximate surface area is 141 Å². The van der Waals surface area contributed by atoms with Crippen molar-refractivity contribution in [3.8, 4) is 16.9 Å². The molecule has 1 aromatic heterocycles. The van der Waals surface area contributed by atoms with Crippen LogP contribution >= 0.6 is 0 Å². The Hall–Kier alpha value is -2.54. The van der Waals surface area contributed by atoms with Crippen molar-refractivity contribution >= 4 is 17.5 Å². The van der Waals surface area contributed by atoms with Gasteiger partial charge in [-0.1, -0.05) is 6.07 Å². The van der Waals surface area contributed by atoms with E-state index in [0.29, 0.717) is 5.82 Å². The summed E-state index contributed by atoms with van der Waals surface area (Å²) in [7, 11) is 0. The van der Waals surface area contributed by atoms with Crippen molar-refractivity contribution in [2.24, 2.45) is 0 Å². The van der Waals surface area contributed by atoms with Gasteiger partial charge in [0.1, 0.15) is 11.6 Å². The Morgan fingerprint density at radius 3 is 2.62 bits per heavy atom. The summed E-state index contributed by atoms with van der Waals surface area (Å²) < 4.78 is 11.5. The molecule has 0 aliphatic carbocycles. The van der Waals surface area contributed by atoms with Crippen molar-refractivity contribution in [1.82, 2.24) is 9.97 Å². The zero-order valence-corrected chi connectivity index (χ0v) is 14.0. The van der Waals surface area contributed by atoms with Crippen LogP contribution in [0.2, 0.25) is 0 Å². The van der Waals surface area contributed by atoms with E-state index in [1.54, 1.807) is 6.20 Å². The molecule has 4 N–H and O–H groups in total. The molecule has 7 heteroatoms. The fourth-order valence-electron chi connectivity index (χ4n) is 2.73. The molecule has 0 radical (unpaired) electrons. The van der Waals surface area contributed by atoms with Gasteiger partial charge >= 0.3 is 0 Å². The lowest BCUT2D eigenvalue weighted by Crippen LogP contribution is -2.36. The predicted molar refractivity (Wildman–Crippen MR) is 95.1 cm³/mol. The van der Waals surface area contributed by atoms with E-state index in [1.165, 1.54) is 0 Å². The molecule has 2 heterocycles. The van der Waals surface area contributed by atoms with Crippen LogP contribution in [0.3, 0.4) is 0 Å². The van der Waals surface area contributed by atoms with Crippen molar-refractivity contribution in [2.75, 3.05) is 42.7 Å². The van der Waals surface area contributed by atoms with Gasteiger partial charge in [-0.05, 0) is 31.5 Å². The molecule has 0 bridgehead atoms. The monoisotopic (exact) mass is 329 g/mol. The number of anilines is 3. The van der Waals surface area contributed by atoms with Gasteiger partial charge in [-0.25, -0.2) is 4.98 Å². The number of benzene rings is 1. The van der Waals surface area contributed by atoms with Gasteiger partial charge in [0.05, 0.1) is 25.0 Å². The molecule has 0 amide bonds. The summed E-state index contributed by atoms with van der Waals surface area (Å²) in [5, 5.41) is 0. The predicted octanol–water partition coefficient (Wildman–Crippen LogP) is 1.93. The van der Waals surface area contributed by atoms with Crippen molar-refractivity contribution < 1.29 is 9.47 Å². The molecule has 24 heavy (non-hydrogen) atoms. The molecular formula is C17H23N5O2. The third-order valence-electron chi connectivity index (χ3n) is 3.82. The van der Waals surface area contributed by atoms with Crippen molar-refractivity contribution in [3.63, 3.8) is 0 Å². The molecule has 0 spiro atoms. The number of hydrogen-bond donors (Lipinski definition) is 2. The fourth-order valence-corrected chi connectivity index (χ4v) is 2.73. The summed E-state index contributed by atoms with van der Waals surface area (Å²) in [5.41, 5.74) is 14.3. The number of hydrogen-bond acceptors (Lipinski definition) is 7. The molecule has 3 rings (SSSR count). The summed E-state index contributed by atoms with van der Waals surface area (Å²) in [4.78, 5) is 10.3. The van der Waals surface area contributed by atoms with Crippen LogP contribution in [0.25, 0.3) is 11.1 Å². The molecule has 1 aromatic carbocycles. The largest absolute Gasteiger partial charge is 0.489 e. The molecule has 1 aliphatic rings. The molecular weight excluding hydrogens is 306 g/mol. The highest BCUT2D eigenvalue weighted by molar-refractivity contribution is 5.77. The first-order chi connectivity index (χ1) is 11.5. The van der Waals surface area contributed by atoms with Crippen LogP contribution in [-0.2, 0) is 4.74 Å². The number of nitrogen functional groups attached to an aromatic ring is 2. The van der Waals surface area contributed by atoms with Crippen molar-refractivity contribution in [1.29, 1.82) is 0 Å². The highest BCUT2D eigenvalue weighted by Gasteiger charge is 2.18. The molecule has 1 fully saturated rings. The summed E-state index contributed by atoms with van der Waals surface area (Å²) in [6, 6.07) is 6.04. The molecule has 1 saturated heterocycles. The average Bonchev–Trinajstić information content (AvgIpc) is 2.55. The van der Waals surface area contributed by atoms with E-state index >= 15 is 0 Å². The van der Waals surface area contributed by atoms with E-state index in [9.17, 15) is 0 Å². The molecule has 1 aliphatic heterocycles. The average molecular weight is 329 g/mol. The quantitative estimate of drug-likeness (QED) is 0.884. The zero-order chi connectivity index (χ0) is 17.1. The van der Waals surface area contributed by atoms with E-state index in [-0.39, 0.29) is 12.1 Å². The minimum Gasteiger partial charge on any atom is -0.489 e. The van der Waals surface area contributed by atoms with Crippen LogP contribution in [0, 0.1) is 0 Å². The molecule has 128 valence electrons. The molecule has 0 atom stereocenters. The van der Waals surface area contributed by atoms with Gasteiger partial charge in [-0.2, -0.15) is 4.98 Å². The highest BCUT2D eigenvalue weighted by Crippen LogP contribution is 2.35. The van der Waals surface area contributed by atoms with E-state index in [0.717, 1.165) is 48.9 Å². The number of nitrogens with zero attached hydrogens (tertiary/aromatic N) is 3. The summed E-state index contributed by atoms with van der Waals surface area (Å²) in [6.07, 6.45) is 1.71. The third-order valence-corrected chi connectivity index (χ3v) is 3.82. The Morgan fingerprint density at radius 2 is 1.96 bits per heavy atom. The van der Waals surface area contributed by atoms with Crippen LogP contribution in [0.15, 0.2) is 24.4 Å². The SMILES string of the molecule is CC(C)Oc1cc(-c2cnc(N)nc2N)ccc1N1CCOCC1. The topological polar surface area (TPSA) is 99.5 Å². The maximum Gasteiger partial charge on any atom is 0.221 e. The zero-order valence-electron chi connectivity index (χ0n) is 14.0. The van der Waals surface area contributed by atoms with Crippen molar-refractivity contribution in [3.05, 3.63) is 24.4 Å². The maximum atomic E-state index is 6.04. The van der Waals surface area contributed by atoms with Crippen molar-refractivity contribution in [2.45, 2.75) is 20.0 Å². The Morgan fingerprint density at radius 1 is 1.21 bits per heavy atom. The standard InChI is InChI=1S/C17H23N5O2/c1-11(2)24-15-9-12(13-10-20-17(19)21-16(13)18)3-4-14(15)22-5-7-23-8-6-22/h3-4,9-11H,5-8H2,1-2H3,(H4,18,19,20,21). The third kappa shape index (κ3) is 3.51. The smallest absolute Gasteiger partial charge is 0.221 e. The van der Waals surface area contributed by atoms with Gasteiger partial charge < -0.3 is 25.8 Å². The Kier molecular flexibility index (Phi) is 4.71. The number of nitrogens with two attached hydrogens (primary N) is 2. The Balaban J connectivity index is 2.00. The first-order valence-electron chi connectivity index (χ1n) is 8.06. The molecule has 0 unspecified atom stereocenters. The van der Waals surface area contributed by atoms with Gasteiger partial charge in [0, 0.05) is 24.8 Å². The maximum absolute atomic E-state index is 6.04. The number of ether oxygens (including phenoxy) is 2. The van der Waals surface area contributed by atoms with Crippen LogP contribution < -0.4 is 21.1 Å². The minimum atomic E-state index is 0.0695. The van der Waals surface area contributed by atoms with Gasteiger partial charge in [-0.15, -0.1) is 0 Å². The summed E-state index contributed by atoms with van der Waals surface area (Å²) >= 11 is 0. The van der Waals surface area contributed by atoms with E-state index in [4.69, 9.17) is 20.9 Å². The molecule has 7 nitrogen and oxygen atoms in total. The lowest BCUT2D eigenvalue weighted by atomic mass is 10.1. The summed E-state index contributed by atoms with van der Waals surface area (Å²) in [6.45, 7) is 7.16. The number of rotatable bonds is 4. The normalized spacial score (nSPS) is 14.9. The van der Waals surface area contributed by atoms with Gasteiger partial charge in [0.25, 0.3) is 0 Å². The van der Waals surface area contributed by atoms with Crippen LogP contribution in [0.4, 0.5) is 17.5 Å². The van der Waals surface area contributed by atoms with E-state index in [2.05, 4.69) is 14.9 Å². The lowest BCUT2D eigenvalue weighted by Gasteiger charge is -2.31. The summed E-state index contributed by atoms with van der Waals surface area (Å²) in [5.74, 6) is 1.34. The van der Waals surface area contributed by atoms with Gasteiger partial charge in [-0.3, -0.25) is 0 Å². The lowest BCUT2D eigenvalue weighted by molar-refractivity contribution is 0.122. The molecule has 2 aromatic rings. The number of morpholine rings is 1. The van der Waals surface area contributed by atoms with Crippen LogP contribution in [0.5, 0.6) is 5.75 Å². The highest BCUT2D eigenvalue weighted by atomic mass is 16.5. The first kappa shape index (κ1) is 16.3. The second-order valence-electron chi connectivity index (χ2n) is 5.98. The fraction of sp³-hybridized carbons (Fsp3) is 0.412.